The summed E-state index contributed by atoms with van der Waals surface area (Å²) in [5, 5.41) is 2.17. The van der Waals surface area contributed by atoms with Crippen LogP contribution in [-0.2, 0) is 5.54 Å². The van der Waals surface area contributed by atoms with Crippen molar-refractivity contribution in [1.82, 2.24) is 5.32 Å². The van der Waals surface area contributed by atoms with Crippen LogP contribution in [0, 0.1) is 18.6 Å². The molecule has 1 N–H and O–H groups in total. The Morgan fingerprint density at radius 2 is 1.67 bits per heavy atom. The molecule has 6 heteroatoms. The minimum atomic E-state index is -4.73. The van der Waals surface area contributed by atoms with Crippen LogP contribution in [0.4, 0.5) is 22.0 Å². The Morgan fingerprint density at radius 3 is 2.11 bits per heavy atom. The van der Waals surface area contributed by atoms with E-state index in [1.807, 2.05) is 0 Å². The SMILES string of the molecule is CCNC(C)(c1cc(F)c(C)cc1F)C(F)(F)F. The Balaban J connectivity index is 3.44. The molecule has 0 spiro atoms. The number of aryl methyl sites for hydroxylation is 1. The maximum Gasteiger partial charge on any atom is 0.410 e. The van der Waals surface area contributed by atoms with Crippen LogP contribution in [0.2, 0.25) is 0 Å². The van der Waals surface area contributed by atoms with Crippen molar-refractivity contribution in [2.75, 3.05) is 6.54 Å². The van der Waals surface area contributed by atoms with Gasteiger partial charge >= 0.3 is 6.18 Å². The van der Waals surface area contributed by atoms with Gasteiger partial charge in [0.15, 0.2) is 0 Å². The number of hydrogen-bond acceptors (Lipinski definition) is 1. The van der Waals surface area contributed by atoms with E-state index >= 15 is 0 Å². The molecule has 1 rings (SSSR count). The first kappa shape index (κ1) is 14.9. The van der Waals surface area contributed by atoms with Crippen LogP contribution >= 0.6 is 0 Å². The van der Waals surface area contributed by atoms with E-state index in [2.05, 4.69) is 5.32 Å². The van der Waals surface area contributed by atoms with Gasteiger partial charge in [-0.25, -0.2) is 8.78 Å². The zero-order chi connectivity index (χ0) is 14.1. The highest BCUT2D eigenvalue weighted by Gasteiger charge is 2.53. The Hall–Kier alpha value is -1.17. The molecule has 0 aromatic heterocycles. The van der Waals surface area contributed by atoms with Gasteiger partial charge in [-0.1, -0.05) is 6.92 Å². The highest BCUT2D eigenvalue weighted by atomic mass is 19.4. The number of rotatable bonds is 3. The zero-order valence-electron chi connectivity index (χ0n) is 10.3. The van der Waals surface area contributed by atoms with Gasteiger partial charge in [-0.05, 0) is 38.1 Å². The van der Waals surface area contributed by atoms with Crippen molar-refractivity contribution in [2.45, 2.75) is 32.5 Å². The quantitative estimate of drug-likeness (QED) is 0.824. The van der Waals surface area contributed by atoms with E-state index in [4.69, 9.17) is 0 Å². The summed E-state index contributed by atoms with van der Waals surface area (Å²) >= 11 is 0. The van der Waals surface area contributed by atoms with Crippen LogP contribution in [0.1, 0.15) is 25.0 Å². The van der Waals surface area contributed by atoms with Gasteiger partial charge in [0, 0.05) is 5.56 Å². The molecule has 102 valence electrons. The van der Waals surface area contributed by atoms with Gasteiger partial charge in [0.25, 0.3) is 0 Å². The molecular weight excluding hydrogens is 253 g/mol. The summed E-state index contributed by atoms with van der Waals surface area (Å²) in [5.41, 5.74) is -3.38. The van der Waals surface area contributed by atoms with Gasteiger partial charge < -0.3 is 5.32 Å². The van der Waals surface area contributed by atoms with Crippen molar-refractivity contribution in [1.29, 1.82) is 0 Å². The van der Waals surface area contributed by atoms with E-state index in [0.717, 1.165) is 13.0 Å². The first-order valence-electron chi connectivity index (χ1n) is 5.41. The van der Waals surface area contributed by atoms with Crippen LogP contribution in [0.15, 0.2) is 12.1 Å². The topological polar surface area (TPSA) is 12.0 Å². The van der Waals surface area contributed by atoms with Crippen molar-refractivity contribution < 1.29 is 22.0 Å². The van der Waals surface area contributed by atoms with Gasteiger partial charge in [-0.2, -0.15) is 13.2 Å². The fourth-order valence-electron chi connectivity index (χ4n) is 1.73. The molecule has 0 aliphatic heterocycles. The highest BCUT2D eigenvalue weighted by Crippen LogP contribution is 2.40. The molecule has 0 fully saturated rings. The van der Waals surface area contributed by atoms with Crippen LogP contribution in [0.3, 0.4) is 0 Å². The van der Waals surface area contributed by atoms with Gasteiger partial charge in [0.05, 0.1) is 0 Å². The monoisotopic (exact) mass is 267 g/mol. The fourth-order valence-corrected chi connectivity index (χ4v) is 1.73. The van der Waals surface area contributed by atoms with Crippen LogP contribution in [0.5, 0.6) is 0 Å². The summed E-state index contributed by atoms with van der Waals surface area (Å²) in [4.78, 5) is 0. The van der Waals surface area contributed by atoms with Gasteiger partial charge in [0.1, 0.15) is 17.2 Å². The second-order valence-corrected chi connectivity index (χ2v) is 4.23. The Morgan fingerprint density at radius 1 is 1.11 bits per heavy atom. The second kappa shape index (κ2) is 4.84. The smallest absolute Gasteiger partial charge is 0.300 e. The number of halogens is 5. The van der Waals surface area contributed by atoms with E-state index in [-0.39, 0.29) is 12.1 Å². The van der Waals surface area contributed by atoms with Crippen molar-refractivity contribution in [3.63, 3.8) is 0 Å². The average Bonchev–Trinajstić information content (AvgIpc) is 2.22. The van der Waals surface area contributed by atoms with Crippen molar-refractivity contribution in [3.8, 4) is 0 Å². The fraction of sp³-hybridized carbons (Fsp3) is 0.500. The largest absolute Gasteiger partial charge is 0.410 e. The summed E-state index contributed by atoms with van der Waals surface area (Å²) in [5.74, 6) is -1.94. The van der Waals surface area contributed by atoms with E-state index in [0.29, 0.717) is 6.07 Å². The molecule has 0 saturated carbocycles. The zero-order valence-corrected chi connectivity index (χ0v) is 10.3. The molecule has 0 heterocycles. The number of hydrogen-bond donors (Lipinski definition) is 1. The lowest BCUT2D eigenvalue weighted by Gasteiger charge is -2.33. The van der Waals surface area contributed by atoms with Crippen molar-refractivity contribution in [3.05, 3.63) is 34.9 Å². The molecule has 0 amide bonds. The minimum absolute atomic E-state index is 0.0229. The van der Waals surface area contributed by atoms with Crippen LogP contribution < -0.4 is 5.32 Å². The summed E-state index contributed by atoms with van der Waals surface area (Å²) in [6.45, 7) is 3.53. The number of alkyl halides is 3. The molecule has 1 nitrogen and oxygen atoms in total. The van der Waals surface area contributed by atoms with Gasteiger partial charge in [-0.15, -0.1) is 0 Å². The Kier molecular flexibility index (Phi) is 4.00. The maximum atomic E-state index is 13.7. The molecule has 0 radical (unpaired) electrons. The van der Waals surface area contributed by atoms with Crippen LogP contribution in [0.25, 0.3) is 0 Å². The molecule has 0 bridgehead atoms. The standard InChI is InChI=1S/C12H14F5N/c1-4-18-11(3,12(15,16)17)8-6-9(13)7(2)5-10(8)14/h5-6,18H,4H2,1-3H3. The van der Waals surface area contributed by atoms with E-state index in [9.17, 15) is 22.0 Å². The maximum absolute atomic E-state index is 13.7. The Labute approximate surface area is 102 Å². The summed E-state index contributed by atoms with van der Waals surface area (Å²) in [7, 11) is 0. The highest BCUT2D eigenvalue weighted by molar-refractivity contribution is 5.32. The van der Waals surface area contributed by atoms with E-state index < -0.39 is 28.9 Å². The summed E-state index contributed by atoms with van der Waals surface area (Å²) in [6.07, 6.45) is -4.73. The number of nitrogens with one attached hydrogen (secondary N) is 1. The molecule has 0 saturated heterocycles. The van der Waals surface area contributed by atoms with Gasteiger partial charge in [0.2, 0.25) is 0 Å². The molecule has 1 aromatic carbocycles. The van der Waals surface area contributed by atoms with Gasteiger partial charge in [-0.3, -0.25) is 0 Å². The average molecular weight is 267 g/mol. The lowest BCUT2D eigenvalue weighted by atomic mass is 9.89. The van der Waals surface area contributed by atoms with Crippen LogP contribution in [-0.4, -0.2) is 12.7 Å². The lowest BCUT2D eigenvalue weighted by molar-refractivity contribution is -0.196. The first-order chi connectivity index (χ1) is 8.13. The summed E-state index contributed by atoms with van der Waals surface area (Å²) < 4.78 is 66.1. The van der Waals surface area contributed by atoms with E-state index in [1.54, 1.807) is 0 Å². The Bertz CT molecular complexity index is 441. The lowest BCUT2D eigenvalue weighted by Crippen LogP contribution is -2.52. The molecule has 0 aliphatic rings. The molecule has 1 aromatic rings. The van der Waals surface area contributed by atoms with E-state index in [1.165, 1.54) is 13.8 Å². The minimum Gasteiger partial charge on any atom is -0.300 e. The van der Waals surface area contributed by atoms with Crippen molar-refractivity contribution >= 4 is 0 Å². The predicted octanol–water partition coefficient (Wildman–Crippen LogP) is 3.66. The molecule has 0 aliphatic carbocycles. The second-order valence-electron chi connectivity index (χ2n) is 4.23. The molecule has 1 atom stereocenters. The first-order valence-corrected chi connectivity index (χ1v) is 5.41. The van der Waals surface area contributed by atoms with Crippen molar-refractivity contribution in [2.24, 2.45) is 0 Å². The third kappa shape index (κ3) is 2.48. The summed E-state index contributed by atoms with van der Waals surface area (Å²) in [6, 6.07) is 1.37. The molecular formula is C12H14F5N. The third-order valence-corrected chi connectivity index (χ3v) is 2.88. The molecule has 18 heavy (non-hydrogen) atoms. The molecule has 1 unspecified atom stereocenters. The predicted molar refractivity (Wildman–Crippen MR) is 58.2 cm³/mol. The normalized spacial score (nSPS) is 15.6. The number of benzene rings is 1. The third-order valence-electron chi connectivity index (χ3n) is 2.88.